The number of nitrogens with zero attached hydrogens (tertiary/aromatic N) is 3. The van der Waals surface area contributed by atoms with Gasteiger partial charge in [0.25, 0.3) is 0 Å². The molecule has 0 aromatic heterocycles. The van der Waals surface area contributed by atoms with Crippen molar-refractivity contribution >= 4 is 29.2 Å². The van der Waals surface area contributed by atoms with E-state index in [4.69, 9.17) is 19.6 Å². The fourth-order valence-electron chi connectivity index (χ4n) is 6.29. The maximum atomic E-state index is 13.5. The standard InChI is InChI=1S/C26H21N3O6/c1-13(30)34-17-8-4-15(5-9-17)29-25(31)20-18-12-19(21(20)26(29)32)24-22(18)23(28-35-24)14-2-6-16(7-3-14)33-11-10-27/h2-9,18-22,24H,11-12H2,1H3/t18-,19-,20+,21-,22-,24+/m1/s1. The SMILES string of the molecule is CC(=O)Oc1ccc(N2C(=O)[C@@H]3[C@H]4C[C@@H]([C@@H]5C(c6ccc(OCC#N)cc6)=NO[C@@H]45)[C@@H]3C2=O)cc1. The van der Waals surface area contributed by atoms with Gasteiger partial charge in [-0.1, -0.05) is 5.16 Å². The Kier molecular flexibility index (Phi) is 4.85. The molecule has 2 amide bonds. The third-order valence-electron chi connectivity index (χ3n) is 7.50. The lowest BCUT2D eigenvalue weighted by atomic mass is 9.71. The highest BCUT2D eigenvalue weighted by Gasteiger charge is 2.70. The van der Waals surface area contributed by atoms with Gasteiger partial charge in [0, 0.05) is 24.3 Å². The van der Waals surface area contributed by atoms with Crippen LogP contribution in [-0.4, -0.2) is 36.2 Å². The molecule has 6 rings (SSSR count). The van der Waals surface area contributed by atoms with Crippen LogP contribution in [0.4, 0.5) is 5.69 Å². The van der Waals surface area contributed by atoms with Gasteiger partial charge in [0.2, 0.25) is 11.8 Å². The number of benzene rings is 2. The molecule has 35 heavy (non-hydrogen) atoms. The first-order valence-corrected chi connectivity index (χ1v) is 11.5. The van der Waals surface area contributed by atoms with Gasteiger partial charge in [0.15, 0.2) is 6.61 Å². The van der Waals surface area contributed by atoms with Gasteiger partial charge in [-0.05, 0) is 60.9 Å². The highest BCUT2D eigenvalue weighted by molar-refractivity contribution is 6.23. The summed E-state index contributed by atoms with van der Waals surface area (Å²) >= 11 is 0. The highest BCUT2D eigenvalue weighted by Crippen LogP contribution is 2.62. The molecular formula is C26H21N3O6. The van der Waals surface area contributed by atoms with Crippen molar-refractivity contribution in [2.75, 3.05) is 11.5 Å². The number of oxime groups is 1. The molecule has 1 saturated heterocycles. The molecule has 2 aromatic carbocycles. The van der Waals surface area contributed by atoms with Crippen molar-refractivity contribution in [3.63, 3.8) is 0 Å². The van der Waals surface area contributed by atoms with E-state index in [-0.39, 0.29) is 42.3 Å². The number of carbonyl (C=O) groups excluding carboxylic acids is 3. The number of hydrogen-bond donors (Lipinski definition) is 0. The maximum Gasteiger partial charge on any atom is 0.308 e. The summed E-state index contributed by atoms with van der Waals surface area (Å²) in [6, 6.07) is 15.6. The van der Waals surface area contributed by atoms with E-state index < -0.39 is 17.8 Å². The van der Waals surface area contributed by atoms with Gasteiger partial charge in [-0.3, -0.25) is 19.3 Å². The summed E-state index contributed by atoms with van der Waals surface area (Å²) in [6.45, 7) is 1.28. The number of nitriles is 1. The van der Waals surface area contributed by atoms with Crippen molar-refractivity contribution in [3.05, 3.63) is 54.1 Å². The number of carbonyl (C=O) groups is 3. The summed E-state index contributed by atoms with van der Waals surface area (Å²) in [4.78, 5) is 45.2. The highest BCUT2D eigenvalue weighted by atomic mass is 16.6. The molecular weight excluding hydrogens is 450 g/mol. The van der Waals surface area contributed by atoms with E-state index in [0.717, 1.165) is 17.7 Å². The van der Waals surface area contributed by atoms with E-state index >= 15 is 0 Å². The zero-order valence-corrected chi connectivity index (χ0v) is 18.8. The van der Waals surface area contributed by atoms with Crippen LogP contribution < -0.4 is 14.4 Å². The molecule has 9 heteroatoms. The zero-order chi connectivity index (χ0) is 24.3. The van der Waals surface area contributed by atoms with Gasteiger partial charge in [-0.2, -0.15) is 5.26 Å². The average molecular weight is 471 g/mol. The third kappa shape index (κ3) is 3.21. The Bertz CT molecular complexity index is 1300. The van der Waals surface area contributed by atoms with Crippen LogP contribution in [0.5, 0.6) is 11.5 Å². The minimum Gasteiger partial charge on any atom is -0.479 e. The molecule has 2 aromatic rings. The molecule has 2 aliphatic carbocycles. The zero-order valence-electron chi connectivity index (χ0n) is 18.8. The number of anilines is 1. The summed E-state index contributed by atoms with van der Waals surface area (Å²) in [6.07, 6.45) is 0.526. The molecule has 2 heterocycles. The Labute approximate surface area is 200 Å². The van der Waals surface area contributed by atoms with Gasteiger partial charge in [-0.15, -0.1) is 0 Å². The molecule has 0 unspecified atom stereocenters. The van der Waals surface area contributed by atoms with Crippen LogP contribution in [0.15, 0.2) is 53.7 Å². The summed E-state index contributed by atoms with van der Waals surface area (Å²) in [7, 11) is 0. The van der Waals surface area contributed by atoms with Gasteiger partial charge >= 0.3 is 5.97 Å². The number of hydrogen-bond acceptors (Lipinski definition) is 8. The van der Waals surface area contributed by atoms with Crippen molar-refractivity contribution in [3.8, 4) is 17.6 Å². The first kappa shape index (κ1) is 21.4. The Hall–Kier alpha value is -4.19. The van der Waals surface area contributed by atoms with Crippen LogP contribution in [0.3, 0.4) is 0 Å². The molecule has 3 fully saturated rings. The molecule has 0 radical (unpaired) electrons. The molecule has 0 N–H and O–H groups in total. The lowest BCUT2D eigenvalue weighted by Crippen LogP contribution is -2.41. The smallest absolute Gasteiger partial charge is 0.308 e. The number of esters is 1. The topological polar surface area (TPSA) is 118 Å². The van der Waals surface area contributed by atoms with E-state index in [2.05, 4.69) is 5.16 Å². The van der Waals surface area contributed by atoms with Crippen LogP contribution in [0, 0.1) is 40.9 Å². The molecule has 0 spiro atoms. The van der Waals surface area contributed by atoms with Crippen molar-refractivity contribution in [1.82, 2.24) is 0 Å². The molecule has 6 atom stereocenters. The first-order chi connectivity index (χ1) is 17.0. The monoisotopic (exact) mass is 471 g/mol. The minimum atomic E-state index is -0.439. The molecule has 4 aliphatic rings. The lowest BCUT2D eigenvalue weighted by molar-refractivity contribution is -0.132. The molecule has 2 saturated carbocycles. The minimum absolute atomic E-state index is 0.0277. The van der Waals surface area contributed by atoms with Crippen LogP contribution in [-0.2, 0) is 19.2 Å². The number of fused-ring (bicyclic) bond motifs is 8. The predicted octanol–water partition coefficient (Wildman–Crippen LogP) is 2.69. The van der Waals surface area contributed by atoms with Crippen molar-refractivity contribution < 1.29 is 28.7 Å². The van der Waals surface area contributed by atoms with E-state index in [1.54, 1.807) is 36.4 Å². The quantitative estimate of drug-likeness (QED) is 0.374. The second kappa shape index (κ2) is 7.94. The second-order valence-electron chi connectivity index (χ2n) is 9.26. The maximum absolute atomic E-state index is 13.5. The summed E-state index contributed by atoms with van der Waals surface area (Å²) in [5.41, 5.74) is 2.13. The molecule has 176 valence electrons. The van der Waals surface area contributed by atoms with Gasteiger partial charge in [0.1, 0.15) is 23.7 Å². The lowest BCUT2D eigenvalue weighted by Gasteiger charge is -2.29. The van der Waals surface area contributed by atoms with E-state index in [1.165, 1.54) is 11.8 Å². The van der Waals surface area contributed by atoms with Crippen molar-refractivity contribution in [1.29, 1.82) is 5.26 Å². The summed E-state index contributed by atoms with van der Waals surface area (Å²) < 4.78 is 10.4. The van der Waals surface area contributed by atoms with Crippen LogP contribution >= 0.6 is 0 Å². The largest absolute Gasteiger partial charge is 0.479 e. The van der Waals surface area contributed by atoms with Gasteiger partial charge in [0.05, 0.1) is 23.2 Å². The number of rotatable bonds is 5. The van der Waals surface area contributed by atoms with Crippen LogP contribution in [0.2, 0.25) is 0 Å². The van der Waals surface area contributed by atoms with E-state index in [0.29, 0.717) is 17.2 Å². The Balaban J connectivity index is 1.24. The van der Waals surface area contributed by atoms with Crippen molar-refractivity contribution in [2.45, 2.75) is 19.4 Å². The molecule has 2 aliphatic heterocycles. The molecule has 2 bridgehead atoms. The van der Waals surface area contributed by atoms with Crippen molar-refractivity contribution in [2.24, 2.45) is 34.7 Å². The normalized spacial score (nSPS) is 29.8. The summed E-state index contributed by atoms with van der Waals surface area (Å²) in [5, 5.41) is 13.0. The fourth-order valence-corrected chi connectivity index (χ4v) is 6.29. The Morgan fingerprint density at radius 3 is 2.34 bits per heavy atom. The van der Waals surface area contributed by atoms with Crippen LogP contribution in [0.1, 0.15) is 18.9 Å². The third-order valence-corrected chi connectivity index (χ3v) is 7.50. The Morgan fingerprint density at radius 1 is 1.03 bits per heavy atom. The Morgan fingerprint density at radius 2 is 1.69 bits per heavy atom. The predicted molar refractivity (Wildman–Crippen MR) is 121 cm³/mol. The first-order valence-electron chi connectivity index (χ1n) is 11.5. The molecule has 9 nitrogen and oxygen atoms in total. The number of ether oxygens (including phenoxy) is 2. The summed E-state index contributed by atoms with van der Waals surface area (Å²) in [5.74, 6) is -0.894. The second-order valence-corrected chi connectivity index (χ2v) is 9.26. The fraction of sp³-hybridized carbons (Fsp3) is 0.346. The van der Waals surface area contributed by atoms with E-state index in [1.807, 2.05) is 18.2 Å². The van der Waals surface area contributed by atoms with Gasteiger partial charge < -0.3 is 14.3 Å². The number of amides is 2. The van der Waals surface area contributed by atoms with E-state index in [9.17, 15) is 14.4 Å². The number of imide groups is 1. The van der Waals surface area contributed by atoms with Gasteiger partial charge in [-0.25, -0.2) is 0 Å². The average Bonchev–Trinajstić information content (AvgIpc) is 3.59. The van der Waals surface area contributed by atoms with Crippen LogP contribution in [0.25, 0.3) is 0 Å².